The first-order valence-electron chi connectivity index (χ1n) is 5.33. The van der Waals surface area contributed by atoms with Gasteiger partial charge >= 0.3 is 0 Å². The second-order valence-corrected chi connectivity index (χ2v) is 4.47. The Labute approximate surface area is 98.4 Å². The molecule has 1 saturated heterocycles. The van der Waals surface area contributed by atoms with E-state index < -0.39 is 5.54 Å². The van der Waals surface area contributed by atoms with Gasteiger partial charge in [0.1, 0.15) is 11.2 Å². The zero-order chi connectivity index (χ0) is 12.6. The van der Waals surface area contributed by atoms with Gasteiger partial charge in [0.2, 0.25) is 5.91 Å². The summed E-state index contributed by atoms with van der Waals surface area (Å²) in [6, 6.07) is 0. The number of H-pyrrole nitrogens is 1. The van der Waals surface area contributed by atoms with Crippen LogP contribution in [0.1, 0.15) is 24.3 Å². The molecule has 1 aromatic rings. The van der Waals surface area contributed by atoms with E-state index >= 15 is 0 Å². The number of nitrogens with two attached hydrogens (primary N) is 1. The number of nitrogens with one attached hydrogen (secondary N) is 2. The molecule has 2 heterocycles. The van der Waals surface area contributed by atoms with Gasteiger partial charge in [-0.3, -0.25) is 14.7 Å². The van der Waals surface area contributed by atoms with Crippen LogP contribution in [0.2, 0.25) is 0 Å². The van der Waals surface area contributed by atoms with E-state index in [1.54, 1.807) is 13.8 Å². The van der Waals surface area contributed by atoms with Crippen molar-refractivity contribution < 1.29 is 9.59 Å². The van der Waals surface area contributed by atoms with Crippen molar-refractivity contribution in [3.05, 3.63) is 11.9 Å². The lowest BCUT2D eigenvalue weighted by Crippen LogP contribution is -2.63. The van der Waals surface area contributed by atoms with Crippen molar-refractivity contribution in [3.63, 3.8) is 0 Å². The van der Waals surface area contributed by atoms with Crippen LogP contribution < -0.4 is 11.1 Å². The molecular weight excluding hydrogens is 222 g/mol. The van der Waals surface area contributed by atoms with Crippen molar-refractivity contribution >= 4 is 17.5 Å². The second kappa shape index (κ2) is 3.76. The largest absolute Gasteiger partial charge is 0.396 e. The van der Waals surface area contributed by atoms with Gasteiger partial charge in [-0.1, -0.05) is 0 Å². The Kier molecular flexibility index (Phi) is 2.53. The highest BCUT2D eigenvalue weighted by Gasteiger charge is 2.41. The summed E-state index contributed by atoms with van der Waals surface area (Å²) in [6.45, 7) is 4.30. The lowest BCUT2D eigenvalue weighted by molar-refractivity contribution is -0.133. The number of aromatic nitrogens is 2. The first kappa shape index (κ1) is 11.4. The molecule has 0 atom stereocenters. The molecule has 2 rings (SSSR count). The third-order valence-corrected chi connectivity index (χ3v) is 2.98. The number of nitrogens with zero attached hydrogens (tertiary/aromatic N) is 2. The minimum atomic E-state index is -0.882. The molecule has 0 aromatic carbocycles. The maximum absolute atomic E-state index is 12.2. The fourth-order valence-electron chi connectivity index (χ4n) is 1.86. The molecule has 0 bridgehead atoms. The molecule has 92 valence electrons. The normalized spacial score (nSPS) is 18.9. The van der Waals surface area contributed by atoms with E-state index in [-0.39, 0.29) is 23.2 Å². The summed E-state index contributed by atoms with van der Waals surface area (Å²) in [4.78, 5) is 25.5. The number of carbonyl (C=O) groups is 2. The maximum atomic E-state index is 12.2. The number of hydrogen-bond acceptors (Lipinski definition) is 4. The van der Waals surface area contributed by atoms with Crippen molar-refractivity contribution in [1.82, 2.24) is 20.4 Å². The van der Waals surface area contributed by atoms with Crippen LogP contribution in [0.5, 0.6) is 0 Å². The summed E-state index contributed by atoms with van der Waals surface area (Å²) in [5.41, 5.74) is 5.27. The number of piperazine rings is 1. The smallest absolute Gasteiger partial charge is 0.274 e. The van der Waals surface area contributed by atoms with Crippen LogP contribution in [0, 0.1) is 0 Å². The van der Waals surface area contributed by atoms with Gasteiger partial charge < -0.3 is 16.0 Å². The molecule has 4 N–H and O–H groups in total. The van der Waals surface area contributed by atoms with Crippen molar-refractivity contribution in [2.24, 2.45) is 0 Å². The zero-order valence-corrected chi connectivity index (χ0v) is 9.78. The monoisotopic (exact) mass is 237 g/mol. The predicted octanol–water partition coefficient (Wildman–Crippen LogP) is -0.657. The van der Waals surface area contributed by atoms with E-state index in [1.165, 1.54) is 11.1 Å². The fourth-order valence-corrected chi connectivity index (χ4v) is 1.86. The van der Waals surface area contributed by atoms with E-state index in [4.69, 9.17) is 5.73 Å². The summed E-state index contributed by atoms with van der Waals surface area (Å²) in [5, 5.41) is 8.99. The summed E-state index contributed by atoms with van der Waals surface area (Å²) in [6.07, 6.45) is 1.38. The molecule has 0 aliphatic carbocycles. The summed E-state index contributed by atoms with van der Waals surface area (Å²) >= 11 is 0. The Morgan fingerprint density at radius 2 is 2.29 bits per heavy atom. The molecule has 1 fully saturated rings. The Morgan fingerprint density at radius 3 is 2.88 bits per heavy atom. The van der Waals surface area contributed by atoms with Crippen LogP contribution in [-0.2, 0) is 4.79 Å². The Hall–Kier alpha value is -2.05. The van der Waals surface area contributed by atoms with Gasteiger partial charge in [-0.05, 0) is 13.8 Å². The molecule has 0 unspecified atom stereocenters. The lowest BCUT2D eigenvalue weighted by Gasteiger charge is -2.40. The predicted molar refractivity (Wildman–Crippen MR) is 61.1 cm³/mol. The van der Waals surface area contributed by atoms with E-state index in [2.05, 4.69) is 15.5 Å². The SMILES string of the molecule is CC1(C)C(=O)NCCN1C(=O)c1[nH]ncc1N. The fraction of sp³-hybridized carbons (Fsp3) is 0.500. The van der Waals surface area contributed by atoms with Gasteiger partial charge in [0.25, 0.3) is 5.91 Å². The van der Waals surface area contributed by atoms with Crippen molar-refractivity contribution in [1.29, 1.82) is 0 Å². The van der Waals surface area contributed by atoms with Gasteiger partial charge in [0, 0.05) is 13.1 Å². The van der Waals surface area contributed by atoms with Crippen molar-refractivity contribution in [2.75, 3.05) is 18.8 Å². The third kappa shape index (κ3) is 1.73. The summed E-state index contributed by atoms with van der Waals surface area (Å²) in [7, 11) is 0. The standard InChI is InChI=1S/C10H15N5O2/c1-10(2)9(17)12-3-4-15(10)8(16)7-6(11)5-13-14-7/h5H,3-4,11H2,1-2H3,(H,12,17)(H,13,14). The highest BCUT2D eigenvalue weighted by Crippen LogP contribution is 2.21. The van der Waals surface area contributed by atoms with Crippen LogP contribution in [0.25, 0.3) is 0 Å². The average Bonchev–Trinajstić information content (AvgIpc) is 2.68. The molecule has 2 amide bonds. The molecule has 0 spiro atoms. The quantitative estimate of drug-likeness (QED) is 0.603. The van der Waals surface area contributed by atoms with Gasteiger partial charge in [-0.15, -0.1) is 0 Å². The number of nitrogen functional groups attached to an aromatic ring is 1. The molecule has 1 aliphatic rings. The van der Waals surface area contributed by atoms with Crippen LogP contribution in [-0.4, -0.2) is 45.5 Å². The van der Waals surface area contributed by atoms with E-state index in [9.17, 15) is 9.59 Å². The average molecular weight is 237 g/mol. The molecule has 1 aromatic heterocycles. The lowest BCUT2D eigenvalue weighted by atomic mass is 9.98. The van der Waals surface area contributed by atoms with E-state index in [1.807, 2.05) is 0 Å². The number of aromatic amines is 1. The number of anilines is 1. The van der Waals surface area contributed by atoms with Gasteiger partial charge in [0.05, 0.1) is 11.9 Å². The second-order valence-electron chi connectivity index (χ2n) is 4.47. The Balaban J connectivity index is 2.31. The molecule has 7 heteroatoms. The zero-order valence-electron chi connectivity index (χ0n) is 9.78. The van der Waals surface area contributed by atoms with Crippen molar-refractivity contribution in [3.8, 4) is 0 Å². The first-order valence-corrected chi connectivity index (χ1v) is 5.33. The van der Waals surface area contributed by atoms with Crippen LogP contribution in [0.4, 0.5) is 5.69 Å². The van der Waals surface area contributed by atoms with Gasteiger partial charge in [-0.2, -0.15) is 5.10 Å². The highest BCUT2D eigenvalue weighted by atomic mass is 16.2. The third-order valence-electron chi connectivity index (χ3n) is 2.98. The molecule has 0 saturated carbocycles. The van der Waals surface area contributed by atoms with E-state index in [0.717, 1.165) is 0 Å². The van der Waals surface area contributed by atoms with Gasteiger partial charge in [-0.25, -0.2) is 0 Å². The number of carbonyl (C=O) groups excluding carboxylic acids is 2. The summed E-state index contributed by atoms with van der Waals surface area (Å²) < 4.78 is 0. The molecular formula is C10H15N5O2. The maximum Gasteiger partial charge on any atom is 0.274 e. The number of rotatable bonds is 1. The minimum Gasteiger partial charge on any atom is -0.396 e. The Morgan fingerprint density at radius 1 is 1.59 bits per heavy atom. The van der Waals surface area contributed by atoms with E-state index in [0.29, 0.717) is 13.1 Å². The number of hydrogen-bond donors (Lipinski definition) is 3. The molecule has 0 radical (unpaired) electrons. The van der Waals surface area contributed by atoms with Crippen LogP contribution >= 0.6 is 0 Å². The minimum absolute atomic E-state index is 0.171. The topological polar surface area (TPSA) is 104 Å². The molecule has 1 aliphatic heterocycles. The molecule has 7 nitrogen and oxygen atoms in total. The Bertz CT molecular complexity index is 465. The van der Waals surface area contributed by atoms with Crippen molar-refractivity contribution in [2.45, 2.75) is 19.4 Å². The summed E-state index contributed by atoms with van der Waals surface area (Å²) in [5.74, 6) is -0.477. The van der Waals surface area contributed by atoms with Crippen LogP contribution in [0.3, 0.4) is 0 Å². The first-order chi connectivity index (χ1) is 7.94. The van der Waals surface area contributed by atoms with Gasteiger partial charge in [0.15, 0.2) is 0 Å². The highest BCUT2D eigenvalue weighted by molar-refractivity contribution is 6.01. The molecule has 17 heavy (non-hydrogen) atoms. The number of amides is 2. The van der Waals surface area contributed by atoms with Crippen LogP contribution in [0.15, 0.2) is 6.20 Å².